The predicted octanol–water partition coefficient (Wildman–Crippen LogP) is 3.58. The Morgan fingerprint density at radius 1 is 1.18 bits per heavy atom. The maximum Gasteiger partial charge on any atom is 0.340 e. The van der Waals surface area contributed by atoms with Gasteiger partial charge in [0, 0.05) is 12.1 Å². The van der Waals surface area contributed by atoms with Crippen LogP contribution in [0.4, 0.5) is 0 Å². The van der Waals surface area contributed by atoms with Crippen LogP contribution in [0.1, 0.15) is 40.0 Å². The molecule has 1 atom stereocenters. The fraction of sp³-hybridized carbons (Fsp3) is 0.222. The van der Waals surface area contributed by atoms with Gasteiger partial charge in [-0.05, 0) is 30.2 Å². The van der Waals surface area contributed by atoms with Crippen molar-refractivity contribution in [3.63, 3.8) is 0 Å². The number of hydrogen-bond acceptors (Lipinski definition) is 3. The molecule has 1 aromatic carbocycles. The molecule has 2 aromatic heterocycles. The lowest BCUT2D eigenvalue weighted by Crippen LogP contribution is -2.04. The molecule has 0 aliphatic heterocycles. The van der Waals surface area contributed by atoms with E-state index in [1.54, 1.807) is 6.20 Å². The van der Waals surface area contributed by atoms with Gasteiger partial charge in [0.25, 0.3) is 0 Å². The van der Waals surface area contributed by atoms with Gasteiger partial charge in [-0.2, -0.15) is 5.10 Å². The van der Waals surface area contributed by atoms with E-state index in [0.717, 1.165) is 16.8 Å². The fourth-order valence-electron chi connectivity index (χ4n) is 3.00. The molecule has 0 fully saturated rings. The molecule has 112 valence electrons. The zero-order valence-electron chi connectivity index (χ0n) is 12.9. The standard InChI is InChI=1S/C18H18N2O2/c1-12(14-8-5-4-6-9-14)17-13(2)16(18(21)22-3)15-10-7-11-19-20(15)17/h4-12H,1-3H3. The van der Waals surface area contributed by atoms with E-state index in [9.17, 15) is 4.79 Å². The van der Waals surface area contributed by atoms with Crippen molar-refractivity contribution >= 4 is 11.5 Å². The van der Waals surface area contributed by atoms with Crippen molar-refractivity contribution < 1.29 is 9.53 Å². The highest BCUT2D eigenvalue weighted by Crippen LogP contribution is 2.32. The number of carbonyl (C=O) groups excluding carboxylic acids is 1. The van der Waals surface area contributed by atoms with Gasteiger partial charge in [0.2, 0.25) is 0 Å². The maximum absolute atomic E-state index is 12.2. The van der Waals surface area contributed by atoms with Crippen LogP contribution in [0.5, 0.6) is 0 Å². The van der Waals surface area contributed by atoms with E-state index < -0.39 is 0 Å². The van der Waals surface area contributed by atoms with Crippen LogP contribution in [0, 0.1) is 6.92 Å². The van der Waals surface area contributed by atoms with Gasteiger partial charge < -0.3 is 4.74 Å². The van der Waals surface area contributed by atoms with E-state index >= 15 is 0 Å². The second-order valence-corrected chi connectivity index (χ2v) is 5.33. The molecule has 4 heteroatoms. The molecule has 1 unspecified atom stereocenters. The molecule has 4 nitrogen and oxygen atoms in total. The number of fused-ring (bicyclic) bond motifs is 1. The van der Waals surface area contributed by atoms with Crippen LogP contribution in [-0.4, -0.2) is 22.7 Å². The van der Waals surface area contributed by atoms with E-state index in [1.807, 2.05) is 41.8 Å². The van der Waals surface area contributed by atoms with Crippen molar-refractivity contribution in [2.24, 2.45) is 0 Å². The van der Waals surface area contributed by atoms with Crippen molar-refractivity contribution in [2.75, 3.05) is 7.11 Å². The molecule has 0 radical (unpaired) electrons. The van der Waals surface area contributed by atoms with E-state index in [0.29, 0.717) is 5.56 Å². The number of esters is 1. The Bertz CT molecular complexity index is 822. The minimum atomic E-state index is -0.325. The summed E-state index contributed by atoms with van der Waals surface area (Å²) >= 11 is 0. The Balaban J connectivity index is 2.26. The van der Waals surface area contributed by atoms with Crippen LogP contribution in [-0.2, 0) is 4.74 Å². The molecule has 22 heavy (non-hydrogen) atoms. The van der Waals surface area contributed by atoms with Gasteiger partial charge in [0.05, 0.1) is 23.9 Å². The number of nitrogens with zero attached hydrogens (tertiary/aromatic N) is 2. The van der Waals surface area contributed by atoms with Gasteiger partial charge in [-0.3, -0.25) is 0 Å². The van der Waals surface area contributed by atoms with Crippen molar-refractivity contribution in [3.05, 3.63) is 71.0 Å². The van der Waals surface area contributed by atoms with Gasteiger partial charge in [-0.25, -0.2) is 9.31 Å². The number of hydrogen-bond donors (Lipinski definition) is 0. The molecule has 3 rings (SSSR count). The highest BCUT2D eigenvalue weighted by atomic mass is 16.5. The van der Waals surface area contributed by atoms with Crippen molar-refractivity contribution in [3.8, 4) is 0 Å². The number of benzene rings is 1. The van der Waals surface area contributed by atoms with Crippen LogP contribution >= 0.6 is 0 Å². The summed E-state index contributed by atoms with van der Waals surface area (Å²) in [4.78, 5) is 12.2. The van der Waals surface area contributed by atoms with Crippen LogP contribution in [0.15, 0.2) is 48.7 Å². The summed E-state index contributed by atoms with van der Waals surface area (Å²) in [5.74, 6) is -0.198. The molecule has 0 bridgehead atoms. The normalized spacial score (nSPS) is 12.3. The molecular formula is C18H18N2O2. The second kappa shape index (κ2) is 5.64. The van der Waals surface area contributed by atoms with Gasteiger partial charge >= 0.3 is 5.97 Å². The third kappa shape index (κ3) is 2.17. The summed E-state index contributed by atoms with van der Waals surface area (Å²) in [5.41, 5.74) is 4.49. The maximum atomic E-state index is 12.2. The highest BCUT2D eigenvalue weighted by Gasteiger charge is 2.25. The molecule has 3 aromatic rings. The smallest absolute Gasteiger partial charge is 0.340 e. The van der Waals surface area contributed by atoms with Crippen molar-refractivity contribution in [1.82, 2.24) is 9.61 Å². The predicted molar refractivity (Wildman–Crippen MR) is 85.2 cm³/mol. The quantitative estimate of drug-likeness (QED) is 0.693. The summed E-state index contributed by atoms with van der Waals surface area (Å²) in [5, 5.41) is 4.43. The number of ether oxygens (including phenoxy) is 1. The topological polar surface area (TPSA) is 43.6 Å². The van der Waals surface area contributed by atoms with Crippen LogP contribution in [0.2, 0.25) is 0 Å². The lowest BCUT2D eigenvalue weighted by Gasteiger charge is -2.13. The van der Waals surface area contributed by atoms with E-state index in [1.165, 1.54) is 12.7 Å². The average molecular weight is 294 g/mol. The Hall–Kier alpha value is -2.62. The van der Waals surface area contributed by atoms with Gasteiger partial charge in [0.1, 0.15) is 0 Å². The molecule has 0 N–H and O–H groups in total. The number of methoxy groups -OCH3 is 1. The zero-order chi connectivity index (χ0) is 15.7. The molecule has 0 saturated carbocycles. The number of carbonyl (C=O) groups is 1. The first-order valence-corrected chi connectivity index (χ1v) is 7.24. The Morgan fingerprint density at radius 2 is 1.91 bits per heavy atom. The fourth-order valence-corrected chi connectivity index (χ4v) is 3.00. The Labute approximate surface area is 129 Å². The molecule has 0 spiro atoms. The third-order valence-corrected chi connectivity index (χ3v) is 4.09. The molecule has 0 aliphatic rings. The van der Waals surface area contributed by atoms with Crippen molar-refractivity contribution in [2.45, 2.75) is 19.8 Å². The van der Waals surface area contributed by atoms with Gasteiger partial charge in [-0.15, -0.1) is 0 Å². The third-order valence-electron chi connectivity index (χ3n) is 4.09. The van der Waals surface area contributed by atoms with E-state index in [-0.39, 0.29) is 11.9 Å². The van der Waals surface area contributed by atoms with E-state index in [4.69, 9.17) is 4.74 Å². The average Bonchev–Trinajstić information content (AvgIpc) is 2.86. The van der Waals surface area contributed by atoms with Crippen LogP contribution in [0.3, 0.4) is 0 Å². The summed E-state index contributed by atoms with van der Waals surface area (Å²) < 4.78 is 6.79. The van der Waals surface area contributed by atoms with Gasteiger partial charge in [-0.1, -0.05) is 37.3 Å². The van der Waals surface area contributed by atoms with Crippen LogP contribution in [0.25, 0.3) is 5.52 Å². The zero-order valence-corrected chi connectivity index (χ0v) is 12.9. The molecule has 0 saturated heterocycles. The van der Waals surface area contributed by atoms with Crippen molar-refractivity contribution in [1.29, 1.82) is 0 Å². The summed E-state index contributed by atoms with van der Waals surface area (Å²) in [6.07, 6.45) is 1.73. The monoisotopic (exact) mass is 294 g/mol. The summed E-state index contributed by atoms with van der Waals surface area (Å²) in [7, 11) is 1.40. The lowest BCUT2D eigenvalue weighted by atomic mass is 9.94. The highest BCUT2D eigenvalue weighted by molar-refractivity contribution is 5.99. The van der Waals surface area contributed by atoms with Crippen LogP contribution < -0.4 is 0 Å². The molecule has 0 amide bonds. The molecule has 0 aliphatic carbocycles. The summed E-state index contributed by atoms with van der Waals surface area (Å²) in [6.45, 7) is 4.08. The Kier molecular flexibility index (Phi) is 3.67. The second-order valence-electron chi connectivity index (χ2n) is 5.33. The Morgan fingerprint density at radius 3 is 2.59 bits per heavy atom. The first-order chi connectivity index (χ1) is 10.6. The number of aromatic nitrogens is 2. The van der Waals surface area contributed by atoms with E-state index in [2.05, 4.69) is 24.2 Å². The lowest BCUT2D eigenvalue weighted by molar-refractivity contribution is 0.0602. The molecule has 2 heterocycles. The summed E-state index contributed by atoms with van der Waals surface area (Å²) in [6, 6.07) is 13.9. The van der Waals surface area contributed by atoms with Gasteiger partial charge in [0.15, 0.2) is 0 Å². The largest absolute Gasteiger partial charge is 0.465 e. The minimum Gasteiger partial charge on any atom is -0.465 e. The number of rotatable bonds is 3. The SMILES string of the molecule is COC(=O)c1c(C)c(C(C)c2ccccc2)n2ncccc12. The molecular weight excluding hydrogens is 276 g/mol. The first kappa shape index (κ1) is 14.3. The first-order valence-electron chi connectivity index (χ1n) is 7.24. The minimum absolute atomic E-state index is 0.127.